The van der Waals surface area contributed by atoms with Crippen molar-refractivity contribution in [3.63, 3.8) is 0 Å². The van der Waals surface area contributed by atoms with E-state index in [-0.39, 0.29) is 29.5 Å². The highest BCUT2D eigenvalue weighted by atomic mass is 79.9. The standard InChI is InChI=1S/C12H18N2O2.BrH/c1-11-3-7-14(8-4-11)9-5-12(16)13-6-2-10-15;/h3-4,7-8,15H,2,5-6,9-10H2,1H3;1H. The second-order valence-electron chi connectivity index (χ2n) is 3.79. The second kappa shape index (κ2) is 9.13. The van der Waals surface area contributed by atoms with Crippen molar-refractivity contribution in [1.29, 1.82) is 0 Å². The quantitative estimate of drug-likeness (QED) is 0.440. The van der Waals surface area contributed by atoms with Gasteiger partial charge in [0.15, 0.2) is 18.9 Å². The molecule has 1 heterocycles. The average molecular weight is 303 g/mol. The number of hydrogen-bond donors (Lipinski definition) is 2. The van der Waals surface area contributed by atoms with Crippen LogP contribution in [0.5, 0.6) is 0 Å². The van der Waals surface area contributed by atoms with Crippen molar-refractivity contribution < 1.29 is 31.4 Å². The molecule has 2 N–H and O–H groups in total. The average Bonchev–Trinajstić information content (AvgIpc) is 2.29. The van der Waals surface area contributed by atoms with E-state index in [0.717, 1.165) is 0 Å². The molecule has 0 saturated heterocycles. The lowest BCUT2D eigenvalue weighted by Crippen LogP contribution is -3.00. The van der Waals surface area contributed by atoms with E-state index in [1.165, 1.54) is 5.56 Å². The summed E-state index contributed by atoms with van der Waals surface area (Å²) in [6.07, 6.45) is 5.02. The molecule has 17 heavy (non-hydrogen) atoms. The van der Waals surface area contributed by atoms with E-state index in [9.17, 15) is 4.79 Å². The molecule has 1 aromatic heterocycles. The molecule has 0 saturated carbocycles. The topological polar surface area (TPSA) is 53.2 Å². The van der Waals surface area contributed by atoms with Crippen LogP contribution in [0.15, 0.2) is 24.5 Å². The third-order valence-corrected chi connectivity index (χ3v) is 2.31. The lowest BCUT2D eigenvalue weighted by Gasteiger charge is -2.02. The van der Waals surface area contributed by atoms with Crippen molar-refractivity contribution in [2.24, 2.45) is 0 Å². The molecule has 1 aromatic rings. The molecule has 0 fully saturated rings. The number of pyridine rings is 1. The van der Waals surface area contributed by atoms with E-state index < -0.39 is 0 Å². The van der Waals surface area contributed by atoms with Gasteiger partial charge in [0, 0.05) is 25.3 Å². The SMILES string of the molecule is Cc1cc[n+](CCC(=O)NCCCO)cc1.[Br-]. The third-order valence-electron chi connectivity index (χ3n) is 2.31. The van der Waals surface area contributed by atoms with Crippen LogP contribution < -0.4 is 26.9 Å². The van der Waals surface area contributed by atoms with Crippen LogP contribution in [0.4, 0.5) is 0 Å². The molecule has 4 nitrogen and oxygen atoms in total. The normalized spacial score (nSPS) is 9.53. The smallest absolute Gasteiger partial charge is 0.226 e. The zero-order chi connectivity index (χ0) is 11.8. The third kappa shape index (κ3) is 7.07. The van der Waals surface area contributed by atoms with Gasteiger partial charge < -0.3 is 27.4 Å². The maximum Gasteiger partial charge on any atom is 0.226 e. The molecular weight excluding hydrogens is 284 g/mol. The van der Waals surface area contributed by atoms with E-state index in [1.54, 1.807) is 0 Å². The second-order valence-corrected chi connectivity index (χ2v) is 3.79. The van der Waals surface area contributed by atoms with Gasteiger partial charge in [0.2, 0.25) is 5.91 Å². The summed E-state index contributed by atoms with van der Waals surface area (Å²) in [6.45, 7) is 3.39. The Balaban J connectivity index is 0.00000256. The minimum atomic E-state index is 0. The molecule has 0 aliphatic heterocycles. The number of rotatable bonds is 6. The maximum absolute atomic E-state index is 11.4. The van der Waals surface area contributed by atoms with Gasteiger partial charge in [-0.05, 0) is 18.9 Å². The predicted octanol–water partition coefficient (Wildman–Crippen LogP) is -2.82. The van der Waals surface area contributed by atoms with Gasteiger partial charge in [-0.1, -0.05) is 0 Å². The minimum Gasteiger partial charge on any atom is -1.00 e. The first-order valence-electron chi connectivity index (χ1n) is 5.55. The van der Waals surface area contributed by atoms with Crippen molar-refractivity contribution in [2.45, 2.75) is 26.3 Å². The summed E-state index contributed by atoms with van der Waals surface area (Å²) in [7, 11) is 0. The summed E-state index contributed by atoms with van der Waals surface area (Å²) in [5, 5.41) is 11.3. The fraction of sp³-hybridized carbons (Fsp3) is 0.500. The predicted molar refractivity (Wildman–Crippen MR) is 60.7 cm³/mol. The van der Waals surface area contributed by atoms with E-state index in [1.807, 2.05) is 36.0 Å². The van der Waals surface area contributed by atoms with Crippen LogP contribution in [-0.4, -0.2) is 24.2 Å². The fourth-order valence-electron chi connectivity index (χ4n) is 1.31. The summed E-state index contributed by atoms with van der Waals surface area (Å²) < 4.78 is 1.98. The van der Waals surface area contributed by atoms with Crippen LogP contribution in [0.25, 0.3) is 0 Å². The van der Waals surface area contributed by atoms with Crippen molar-refractivity contribution in [3.05, 3.63) is 30.1 Å². The lowest BCUT2D eigenvalue weighted by atomic mass is 10.3. The van der Waals surface area contributed by atoms with Crippen molar-refractivity contribution in [2.75, 3.05) is 13.2 Å². The van der Waals surface area contributed by atoms with E-state index in [4.69, 9.17) is 5.11 Å². The van der Waals surface area contributed by atoms with Crippen LogP contribution in [0.1, 0.15) is 18.4 Å². The van der Waals surface area contributed by atoms with E-state index >= 15 is 0 Å². The highest BCUT2D eigenvalue weighted by molar-refractivity contribution is 5.75. The van der Waals surface area contributed by atoms with Gasteiger partial charge >= 0.3 is 0 Å². The molecule has 0 bridgehead atoms. The molecule has 0 aliphatic rings. The van der Waals surface area contributed by atoms with Crippen LogP contribution in [0, 0.1) is 6.92 Å². The monoisotopic (exact) mass is 302 g/mol. The number of amides is 1. The Morgan fingerprint density at radius 2 is 2.06 bits per heavy atom. The molecule has 0 radical (unpaired) electrons. The van der Waals surface area contributed by atoms with Gasteiger partial charge in [0.05, 0.1) is 6.42 Å². The van der Waals surface area contributed by atoms with Gasteiger partial charge in [0.1, 0.15) is 0 Å². The molecule has 5 heteroatoms. The molecular formula is C12H19BrN2O2. The fourth-order valence-corrected chi connectivity index (χ4v) is 1.31. The number of halogens is 1. The molecule has 0 unspecified atom stereocenters. The minimum absolute atomic E-state index is 0. The number of aryl methyl sites for hydroxylation is 2. The van der Waals surface area contributed by atoms with Gasteiger partial charge in [0.25, 0.3) is 0 Å². The first kappa shape index (κ1) is 16.1. The van der Waals surface area contributed by atoms with Crippen molar-refractivity contribution in [1.82, 2.24) is 5.32 Å². The number of carbonyl (C=O) groups excluding carboxylic acids is 1. The Bertz CT molecular complexity index is 328. The highest BCUT2D eigenvalue weighted by Crippen LogP contribution is 1.90. The first-order chi connectivity index (χ1) is 7.72. The van der Waals surface area contributed by atoms with E-state index in [2.05, 4.69) is 5.32 Å². The Morgan fingerprint density at radius 1 is 1.41 bits per heavy atom. The highest BCUT2D eigenvalue weighted by Gasteiger charge is 2.05. The van der Waals surface area contributed by atoms with Crippen LogP contribution in [0.3, 0.4) is 0 Å². The van der Waals surface area contributed by atoms with Gasteiger partial charge in [-0.15, -0.1) is 0 Å². The lowest BCUT2D eigenvalue weighted by molar-refractivity contribution is -0.695. The van der Waals surface area contributed by atoms with Gasteiger partial charge in [-0.3, -0.25) is 4.79 Å². The number of carbonyl (C=O) groups is 1. The number of aromatic nitrogens is 1. The molecule has 0 spiro atoms. The van der Waals surface area contributed by atoms with Crippen LogP contribution in [-0.2, 0) is 11.3 Å². The van der Waals surface area contributed by atoms with E-state index in [0.29, 0.717) is 25.9 Å². The van der Waals surface area contributed by atoms with Gasteiger partial charge in [-0.2, -0.15) is 0 Å². The Hall–Kier alpha value is -0.940. The number of hydrogen-bond acceptors (Lipinski definition) is 2. The van der Waals surface area contributed by atoms with Crippen molar-refractivity contribution in [3.8, 4) is 0 Å². The summed E-state index contributed by atoms with van der Waals surface area (Å²) in [5.41, 5.74) is 1.21. The maximum atomic E-state index is 11.4. The summed E-state index contributed by atoms with van der Waals surface area (Å²) in [6, 6.07) is 4.04. The molecule has 1 rings (SSSR count). The van der Waals surface area contributed by atoms with Crippen molar-refractivity contribution >= 4 is 5.91 Å². The number of nitrogens with zero attached hydrogens (tertiary/aromatic N) is 1. The molecule has 1 amide bonds. The molecule has 0 aromatic carbocycles. The Labute approximate surface area is 112 Å². The zero-order valence-corrected chi connectivity index (χ0v) is 11.6. The zero-order valence-electron chi connectivity index (χ0n) is 10.0. The number of nitrogens with one attached hydrogen (secondary N) is 1. The number of aliphatic hydroxyl groups excluding tert-OH is 1. The molecule has 0 atom stereocenters. The molecule has 96 valence electrons. The van der Waals surface area contributed by atoms with Crippen LogP contribution in [0.2, 0.25) is 0 Å². The summed E-state index contributed by atoms with van der Waals surface area (Å²) >= 11 is 0. The van der Waals surface area contributed by atoms with Gasteiger partial charge in [-0.25, -0.2) is 4.57 Å². The number of aliphatic hydroxyl groups is 1. The first-order valence-corrected chi connectivity index (χ1v) is 5.55. The Morgan fingerprint density at radius 3 is 2.65 bits per heavy atom. The summed E-state index contributed by atoms with van der Waals surface area (Å²) in [5.74, 6) is 0.0292. The van der Waals surface area contributed by atoms with Crippen LogP contribution >= 0.6 is 0 Å². The molecule has 0 aliphatic carbocycles. The Kier molecular flexibility index (Phi) is 8.62. The largest absolute Gasteiger partial charge is 1.00 e. The summed E-state index contributed by atoms with van der Waals surface area (Å²) in [4.78, 5) is 11.4.